The van der Waals surface area contributed by atoms with Crippen LogP contribution >= 0.6 is 0 Å². The van der Waals surface area contributed by atoms with E-state index in [0.717, 1.165) is 42.4 Å². The van der Waals surface area contributed by atoms with Crippen molar-refractivity contribution < 1.29 is 18.1 Å². The van der Waals surface area contributed by atoms with Gasteiger partial charge in [-0.25, -0.2) is 13.4 Å². The lowest BCUT2D eigenvalue weighted by Crippen LogP contribution is -2.48. The van der Waals surface area contributed by atoms with E-state index in [4.69, 9.17) is 9.52 Å². The number of ether oxygens (including phenoxy) is 1. The Morgan fingerprint density at radius 2 is 1.79 bits per heavy atom. The number of nitrogens with one attached hydrogen (secondary N) is 2. The molecule has 0 saturated heterocycles. The van der Waals surface area contributed by atoms with Crippen LogP contribution in [0.1, 0.15) is 73.2 Å². The highest BCUT2D eigenvalue weighted by Gasteiger charge is 2.51. The largest absolute Gasteiger partial charge is 0.493 e. The number of carbonyl (C=O) groups excluding carboxylic acids is 1. The van der Waals surface area contributed by atoms with E-state index >= 15 is 0 Å². The Bertz CT molecular complexity index is 920. The molecular formula is C22H29FN2O3S. The molecule has 29 heavy (non-hydrogen) atoms. The topological polar surface area (TPSA) is 79.3 Å². The summed E-state index contributed by atoms with van der Waals surface area (Å²) in [5.74, 6) is 1.87. The van der Waals surface area contributed by atoms with Gasteiger partial charge in [-0.05, 0) is 86.7 Å². The van der Waals surface area contributed by atoms with E-state index < -0.39 is 21.6 Å². The third kappa shape index (κ3) is 3.90. The summed E-state index contributed by atoms with van der Waals surface area (Å²) in [6.45, 7) is 0.636. The van der Waals surface area contributed by atoms with E-state index in [0.29, 0.717) is 12.4 Å². The average Bonchev–Trinajstić information content (AvgIpc) is 3.42. The lowest BCUT2D eigenvalue weighted by atomic mass is 9.50. The molecule has 0 aliphatic heterocycles. The normalized spacial score (nSPS) is 34.6. The molecule has 0 radical (unpaired) electrons. The van der Waals surface area contributed by atoms with E-state index in [9.17, 15) is 13.4 Å². The highest BCUT2D eigenvalue weighted by Crippen LogP contribution is 2.60. The minimum Gasteiger partial charge on any atom is -0.493 e. The molecule has 0 heterocycles. The van der Waals surface area contributed by atoms with Gasteiger partial charge in [-0.1, -0.05) is 0 Å². The molecular weight excluding hydrogens is 391 g/mol. The summed E-state index contributed by atoms with van der Waals surface area (Å²) in [5.41, 5.74) is 0.950. The molecule has 6 rings (SSSR count). The Hall–Kier alpha value is -1.63. The second-order valence-corrected chi connectivity index (χ2v) is 12.0. The van der Waals surface area contributed by atoms with Gasteiger partial charge in [-0.2, -0.15) is 0 Å². The lowest BCUT2D eigenvalue weighted by Gasteiger charge is -2.56. The summed E-state index contributed by atoms with van der Waals surface area (Å²) in [4.78, 5) is 12.3. The summed E-state index contributed by atoms with van der Waals surface area (Å²) in [7, 11) is -3.25. The van der Waals surface area contributed by atoms with E-state index in [-0.39, 0.29) is 16.9 Å². The van der Waals surface area contributed by atoms with Crippen molar-refractivity contribution in [3.63, 3.8) is 0 Å². The molecule has 5 saturated carbocycles. The van der Waals surface area contributed by atoms with Gasteiger partial charge in [0.25, 0.3) is 5.91 Å². The zero-order valence-electron chi connectivity index (χ0n) is 16.8. The van der Waals surface area contributed by atoms with Gasteiger partial charge in [-0.15, -0.1) is 0 Å². The van der Waals surface area contributed by atoms with Crippen molar-refractivity contribution in [3.8, 4) is 5.75 Å². The van der Waals surface area contributed by atoms with Crippen LogP contribution in [-0.2, 0) is 9.92 Å². The van der Waals surface area contributed by atoms with Crippen molar-refractivity contribution in [1.29, 1.82) is 4.78 Å². The second kappa shape index (κ2) is 6.69. The SMILES string of the molecule is CS(=N)(=O)NC(=O)c1cc(C2CC2)c(OCC23CC4CC(CC(C4)C2)C3)cc1F. The first-order valence-electron chi connectivity index (χ1n) is 10.7. The highest BCUT2D eigenvalue weighted by atomic mass is 32.2. The monoisotopic (exact) mass is 420 g/mol. The van der Waals surface area contributed by atoms with Gasteiger partial charge in [0.2, 0.25) is 0 Å². The van der Waals surface area contributed by atoms with Crippen LogP contribution in [-0.4, -0.2) is 23.0 Å². The minimum absolute atomic E-state index is 0.157. The maximum absolute atomic E-state index is 14.7. The van der Waals surface area contributed by atoms with E-state index in [1.807, 2.05) is 0 Å². The molecule has 1 aromatic carbocycles. The van der Waals surface area contributed by atoms with E-state index in [1.54, 1.807) is 6.07 Å². The Balaban J connectivity index is 1.38. The van der Waals surface area contributed by atoms with Gasteiger partial charge in [0, 0.05) is 17.7 Å². The fourth-order valence-electron chi connectivity index (χ4n) is 6.51. The quantitative estimate of drug-likeness (QED) is 0.705. The van der Waals surface area contributed by atoms with Gasteiger partial charge >= 0.3 is 0 Å². The van der Waals surface area contributed by atoms with Gasteiger partial charge in [0.1, 0.15) is 21.5 Å². The van der Waals surface area contributed by atoms with Crippen LogP contribution in [0.15, 0.2) is 12.1 Å². The molecule has 1 aromatic rings. The van der Waals surface area contributed by atoms with Crippen LogP contribution in [0.4, 0.5) is 4.39 Å². The zero-order valence-corrected chi connectivity index (χ0v) is 17.7. The molecule has 0 spiro atoms. The van der Waals surface area contributed by atoms with Crippen molar-refractivity contribution >= 4 is 15.8 Å². The number of hydrogen-bond acceptors (Lipinski definition) is 4. The molecule has 1 unspecified atom stereocenters. The second-order valence-electron chi connectivity index (χ2n) is 10.1. The summed E-state index contributed by atoms with van der Waals surface area (Å²) >= 11 is 0. The summed E-state index contributed by atoms with van der Waals surface area (Å²) in [6.07, 6.45) is 10.9. The predicted molar refractivity (Wildman–Crippen MR) is 109 cm³/mol. The molecule has 5 aliphatic carbocycles. The van der Waals surface area contributed by atoms with Crippen LogP contribution in [0.5, 0.6) is 5.75 Å². The predicted octanol–water partition coefficient (Wildman–Crippen LogP) is 4.62. The Morgan fingerprint density at radius 3 is 2.31 bits per heavy atom. The Labute approximate surface area is 171 Å². The molecule has 2 N–H and O–H groups in total. The molecule has 5 aliphatic rings. The van der Waals surface area contributed by atoms with Gasteiger partial charge in [-0.3, -0.25) is 9.52 Å². The number of rotatable bonds is 6. The van der Waals surface area contributed by atoms with Gasteiger partial charge in [0.15, 0.2) is 0 Å². The molecule has 5 nitrogen and oxygen atoms in total. The van der Waals surface area contributed by atoms with Crippen LogP contribution in [0.25, 0.3) is 0 Å². The van der Waals surface area contributed by atoms with Crippen molar-refractivity contribution in [2.45, 2.75) is 57.3 Å². The van der Waals surface area contributed by atoms with Crippen molar-refractivity contribution in [2.24, 2.45) is 23.2 Å². The van der Waals surface area contributed by atoms with Crippen molar-refractivity contribution in [2.75, 3.05) is 12.9 Å². The van der Waals surface area contributed by atoms with Crippen LogP contribution in [0, 0.1) is 33.8 Å². The standard InChI is InChI=1S/C22H29FN2O3S/c1-29(24,27)25-21(26)18-7-17(16-2-3-16)20(8-19(18)23)28-12-22-9-13-4-14(10-22)6-15(5-13)11-22/h7-8,13-16H,2-6,9-12H2,1H3,(H2,24,25,26,27). The highest BCUT2D eigenvalue weighted by molar-refractivity contribution is 7.90. The van der Waals surface area contributed by atoms with Crippen LogP contribution in [0.3, 0.4) is 0 Å². The molecule has 7 heteroatoms. The first-order chi connectivity index (χ1) is 13.7. The number of carbonyl (C=O) groups is 1. The third-order valence-electron chi connectivity index (χ3n) is 7.35. The van der Waals surface area contributed by atoms with Crippen LogP contribution < -0.4 is 9.46 Å². The fourth-order valence-corrected chi connectivity index (χ4v) is 6.98. The smallest absolute Gasteiger partial charge is 0.266 e. The number of hydrogen-bond donors (Lipinski definition) is 2. The minimum atomic E-state index is -3.25. The summed E-state index contributed by atoms with van der Waals surface area (Å²) in [6, 6.07) is 2.87. The molecule has 4 bridgehead atoms. The average molecular weight is 421 g/mol. The number of amides is 1. The maximum atomic E-state index is 14.7. The molecule has 1 atom stereocenters. The van der Waals surface area contributed by atoms with Crippen molar-refractivity contribution in [1.82, 2.24) is 4.72 Å². The molecule has 0 aromatic heterocycles. The molecule has 158 valence electrons. The summed E-state index contributed by atoms with van der Waals surface area (Å²) in [5, 5.41) is 0. The van der Waals surface area contributed by atoms with Gasteiger partial charge < -0.3 is 4.74 Å². The Morgan fingerprint density at radius 1 is 1.21 bits per heavy atom. The first kappa shape index (κ1) is 19.3. The number of halogens is 1. The van der Waals surface area contributed by atoms with E-state index in [1.165, 1.54) is 44.6 Å². The zero-order chi connectivity index (χ0) is 20.4. The summed E-state index contributed by atoms with van der Waals surface area (Å²) < 4.78 is 42.0. The van der Waals surface area contributed by atoms with Crippen molar-refractivity contribution in [3.05, 3.63) is 29.1 Å². The molecule has 5 fully saturated rings. The lowest BCUT2D eigenvalue weighted by molar-refractivity contribution is -0.0747. The molecule has 1 amide bonds. The third-order valence-corrected chi connectivity index (χ3v) is 7.92. The van der Waals surface area contributed by atoms with E-state index in [2.05, 4.69) is 4.72 Å². The first-order valence-corrected chi connectivity index (χ1v) is 12.7. The van der Waals surface area contributed by atoms with Crippen LogP contribution in [0.2, 0.25) is 0 Å². The van der Waals surface area contributed by atoms with Gasteiger partial charge in [0.05, 0.1) is 12.2 Å². The fraction of sp³-hybridized carbons (Fsp3) is 0.682. The maximum Gasteiger partial charge on any atom is 0.266 e. The number of benzene rings is 1. The Kier molecular flexibility index (Phi) is 4.46.